The van der Waals surface area contributed by atoms with Gasteiger partial charge in [0, 0.05) is 6.54 Å². The van der Waals surface area contributed by atoms with E-state index in [4.69, 9.17) is 0 Å². The number of sulfonamides is 1. The molecule has 0 fully saturated rings. The number of aromatic amines is 1. The molecule has 0 aliphatic heterocycles. The maximum Gasteiger partial charge on any atom is 0.402 e. The normalized spacial score (nSPS) is 13.3. The lowest BCUT2D eigenvalue weighted by Gasteiger charge is -2.21. The smallest absolute Gasteiger partial charge is 0.281 e. The zero-order valence-electron chi connectivity index (χ0n) is 9.24. The monoisotopic (exact) mass is 271 g/mol. The lowest BCUT2D eigenvalue weighted by Crippen LogP contribution is -2.38. The van der Waals surface area contributed by atoms with Crippen LogP contribution in [0.1, 0.15) is 12.6 Å². The first-order chi connectivity index (χ1) is 7.68. The van der Waals surface area contributed by atoms with Crippen molar-refractivity contribution in [2.24, 2.45) is 0 Å². The maximum atomic E-state index is 12.2. The third-order valence-corrected chi connectivity index (χ3v) is 4.14. The van der Waals surface area contributed by atoms with E-state index in [1.165, 1.54) is 13.8 Å². The second-order valence-corrected chi connectivity index (χ2v) is 5.31. The van der Waals surface area contributed by atoms with E-state index < -0.39 is 22.7 Å². The average molecular weight is 271 g/mol. The number of hydrogen-bond donors (Lipinski definition) is 1. The molecule has 0 radical (unpaired) electrons. The van der Waals surface area contributed by atoms with E-state index in [9.17, 15) is 21.6 Å². The number of H-pyrrole nitrogens is 1. The van der Waals surface area contributed by atoms with Gasteiger partial charge in [-0.15, -0.1) is 0 Å². The molecule has 0 spiro atoms. The Morgan fingerprint density at radius 1 is 1.47 bits per heavy atom. The third kappa shape index (κ3) is 3.19. The van der Waals surface area contributed by atoms with E-state index in [0.717, 1.165) is 6.20 Å². The predicted molar refractivity (Wildman–Crippen MR) is 53.8 cm³/mol. The van der Waals surface area contributed by atoms with Crippen LogP contribution in [0.4, 0.5) is 13.2 Å². The molecule has 0 unspecified atom stereocenters. The number of rotatable bonds is 4. The number of alkyl halides is 3. The molecule has 0 amide bonds. The molecule has 1 heterocycles. The van der Waals surface area contributed by atoms with Crippen molar-refractivity contribution in [3.8, 4) is 0 Å². The van der Waals surface area contributed by atoms with E-state index in [1.54, 1.807) is 0 Å². The Morgan fingerprint density at radius 2 is 2.06 bits per heavy atom. The summed E-state index contributed by atoms with van der Waals surface area (Å²) in [6, 6.07) is 0. The molecule has 1 aromatic rings. The largest absolute Gasteiger partial charge is 0.402 e. The zero-order chi connectivity index (χ0) is 13.3. The van der Waals surface area contributed by atoms with Crippen molar-refractivity contribution in [2.75, 3.05) is 13.1 Å². The highest BCUT2D eigenvalue weighted by molar-refractivity contribution is 7.89. The summed E-state index contributed by atoms with van der Waals surface area (Å²) in [5.74, 6) is 0. The van der Waals surface area contributed by atoms with Gasteiger partial charge in [-0.05, 0) is 6.92 Å². The molecule has 17 heavy (non-hydrogen) atoms. The fraction of sp³-hybridized carbons (Fsp3) is 0.625. The van der Waals surface area contributed by atoms with Crippen LogP contribution < -0.4 is 0 Å². The molecule has 0 aromatic carbocycles. The Hall–Kier alpha value is -1.09. The first kappa shape index (κ1) is 14.0. The Bertz CT molecular complexity index is 480. The van der Waals surface area contributed by atoms with Crippen LogP contribution in [0, 0.1) is 6.92 Å². The highest BCUT2D eigenvalue weighted by Gasteiger charge is 2.37. The van der Waals surface area contributed by atoms with Gasteiger partial charge in [-0.2, -0.15) is 22.6 Å². The van der Waals surface area contributed by atoms with E-state index in [0.29, 0.717) is 4.31 Å². The molecule has 1 rings (SSSR count). The fourth-order valence-corrected chi connectivity index (χ4v) is 2.86. The molecule has 0 saturated carbocycles. The number of halogens is 3. The highest BCUT2D eigenvalue weighted by Crippen LogP contribution is 2.23. The number of aromatic nitrogens is 2. The summed E-state index contributed by atoms with van der Waals surface area (Å²) in [6.07, 6.45) is -3.57. The van der Waals surface area contributed by atoms with Crippen molar-refractivity contribution >= 4 is 10.0 Å². The van der Waals surface area contributed by atoms with Crippen molar-refractivity contribution in [3.63, 3.8) is 0 Å². The third-order valence-electron chi connectivity index (χ3n) is 2.11. The minimum absolute atomic E-state index is 0.214. The Balaban J connectivity index is 3.08. The van der Waals surface area contributed by atoms with Gasteiger partial charge in [0.2, 0.25) is 10.0 Å². The molecule has 0 atom stereocenters. The summed E-state index contributed by atoms with van der Waals surface area (Å²) in [6.45, 7) is 1.02. The molecular weight excluding hydrogens is 259 g/mol. The van der Waals surface area contributed by atoms with Crippen LogP contribution >= 0.6 is 0 Å². The van der Waals surface area contributed by atoms with Gasteiger partial charge in [-0.3, -0.25) is 5.10 Å². The molecular formula is C8H12F3N3O2S. The van der Waals surface area contributed by atoms with Crippen LogP contribution in [-0.4, -0.2) is 42.2 Å². The summed E-state index contributed by atoms with van der Waals surface area (Å²) in [4.78, 5) is -0.233. The Kier molecular flexibility index (Phi) is 3.82. The molecule has 0 aliphatic rings. The minimum Gasteiger partial charge on any atom is -0.281 e. The van der Waals surface area contributed by atoms with E-state index in [2.05, 4.69) is 10.2 Å². The van der Waals surface area contributed by atoms with Crippen LogP contribution in [0.3, 0.4) is 0 Å². The molecule has 0 bridgehead atoms. The van der Waals surface area contributed by atoms with Crippen molar-refractivity contribution in [1.29, 1.82) is 0 Å². The molecule has 9 heteroatoms. The summed E-state index contributed by atoms with van der Waals surface area (Å²) < 4.78 is 60.9. The van der Waals surface area contributed by atoms with Crippen molar-refractivity contribution in [1.82, 2.24) is 14.5 Å². The van der Waals surface area contributed by atoms with Gasteiger partial charge >= 0.3 is 6.18 Å². The quantitative estimate of drug-likeness (QED) is 0.897. The van der Waals surface area contributed by atoms with Crippen LogP contribution in [0.15, 0.2) is 11.1 Å². The first-order valence-electron chi connectivity index (χ1n) is 4.75. The second-order valence-electron chi connectivity index (χ2n) is 3.41. The Labute approximate surface area is 96.7 Å². The maximum absolute atomic E-state index is 12.2. The van der Waals surface area contributed by atoms with Crippen LogP contribution in [0.25, 0.3) is 0 Å². The minimum atomic E-state index is -4.57. The zero-order valence-corrected chi connectivity index (χ0v) is 10.1. The number of hydrogen-bond acceptors (Lipinski definition) is 3. The van der Waals surface area contributed by atoms with Crippen molar-refractivity contribution < 1.29 is 21.6 Å². The van der Waals surface area contributed by atoms with Gasteiger partial charge in [-0.25, -0.2) is 8.42 Å². The first-order valence-corrected chi connectivity index (χ1v) is 6.19. The lowest BCUT2D eigenvalue weighted by atomic mass is 10.5. The molecule has 98 valence electrons. The van der Waals surface area contributed by atoms with Crippen molar-refractivity contribution in [3.05, 3.63) is 11.9 Å². The molecule has 0 aliphatic carbocycles. The molecule has 1 N–H and O–H groups in total. The highest BCUT2D eigenvalue weighted by atomic mass is 32.2. The van der Waals surface area contributed by atoms with Gasteiger partial charge in [0.05, 0.1) is 11.9 Å². The number of nitrogens with one attached hydrogen (secondary N) is 1. The van der Waals surface area contributed by atoms with Crippen LogP contribution in [0.2, 0.25) is 0 Å². The van der Waals surface area contributed by atoms with Crippen LogP contribution in [0.5, 0.6) is 0 Å². The predicted octanol–water partition coefficient (Wildman–Crippen LogP) is 1.29. The van der Waals surface area contributed by atoms with Gasteiger partial charge in [0.1, 0.15) is 11.4 Å². The van der Waals surface area contributed by atoms with Gasteiger partial charge in [0.25, 0.3) is 0 Å². The summed E-state index contributed by atoms with van der Waals surface area (Å²) in [5, 5.41) is 5.87. The van der Waals surface area contributed by atoms with E-state index in [1.807, 2.05) is 0 Å². The number of nitrogens with zero attached hydrogens (tertiary/aromatic N) is 2. The van der Waals surface area contributed by atoms with E-state index in [-0.39, 0.29) is 17.1 Å². The van der Waals surface area contributed by atoms with Gasteiger partial charge < -0.3 is 0 Å². The van der Waals surface area contributed by atoms with Gasteiger partial charge in [-0.1, -0.05) is 6.92 Å². The standard InChI is InChI=1S/C8H12F3N3O2S/c1-3-14(5-8(9,10)11)17(15,16)7-4-12-13-6(7)2/h4H,3,5H2,1-2H3,(H,12,13). The molecule has 1 aromatic heterocycles. The van der Waals surface area contributed by atoms with Crippen molar-refractivity contribution in [2.45, 2.75) is 24.9 Å². The molecule has 0 saturated heterocycles. The SMILES string of the molecule is CCN(CC(F)(F)F)S(=O)(=O)c1cn[nH]c1C. The second kappa shape index (κ2) is 4.65. The topological polar surface area (TPSA) is 66.1 Å². The summed E-state index contributed by atoms with van der Waals surface area (Å²) in [7, 11) is -4.15. The fourth-order valence-electron chi connectivity index (χ4n) is 1.31. The lowest BCUT2D eigenvalue weighted by molar-refractivity contribution is -0.135. The summed E-state index contributed by atoms with van der Waals surface area (Å²) >= 11 is 0. The summed E-state index contributed by atoms with van der Waals surface area (Å²) in [5.41, 5.74) is 0.214. The van der Waals surface area contributed by atoms with E-state index >= 15 is 0 Å². The average Bonchev–Trinajstić information content (AvgIpc) is 2.59. The number of aryl methyl sites for hydroxylation is 1. The molecule has 5 nitrogen and oxygen atoms in total. The van der Waals surface area contributed by atoms with Crippen LogP contribution in [-0.2, 0) is 10.0 Å². The van der Waals surface area contributed by atoms with Gasteiger partial charge in [0.15, 0.2) is 0 Å². The Morgan fingerprint density at radius 3 is 2.41 bits per heavy atom.